The molecule has 2 aromatic rings. The highest BCUT2D eigenvalue weighted by Crippen LogP contribution is 2.24. The number of benzene rings is 1. The Balaban J connectivity index is 1.61. The lowest BCUT2D eigenvalue weighted by Gasteiger charge is -2.11. The van der Waals surface area contributed by atoms with E-state index in [9.17, 15) is 4.79 Å². The molecule has 2 heterocycles. The van der Waals surface area contributed by atoms with Gasteiger partial charge in [0, 0.05) is 19.7 Å². The van der Waals surface area contributed by atoms with Gasteiger partial charge in [0.05, 0.1) is 35.4 Å². The van der Waals surface area contributed by atoms with Crippen LogP contribution in [0.2, 0.25) is 0 Å². The minimum Gasteiger partial charge on any atom is -0.376 e. The Morgan fingerprint density at radius 2 is 2.38 bits per heavy atom. The van der Waals surface area contributed by atoms with Gasteiger partial charge in [0.15, 0.2) is 5.16 Å². The number of aryl methyl sites for hydroxylation is 1. The van der Waals surface area contributed by atoms with Crippen molar-refractivity contribution in [2.45, 2.75) is 37.1 Å². The molecule has 1 aromatic carbocycles. The van der Waals surface area contributed by atoms with E-state index in [4.69, 9.17) is 10.00 Å². The van der Waals surface area contributed by atoms with E-state index < -0.39 is 0 Å². The number of imidazole rings is 1. The number of hydrogen-bond donors (Lipinski definition) is 1. The van der Waals surface area contributed by atoms with Crippen molar-refractivity contribution < 1.29 is 9.53 Å². The van der Waals surface area contributed by atoms with Crippen molar-refractivity contribution in [3.05, 3.63) is 24.3 Å². The van der Waals surface area contributed by atoms with Gasteiger partial charge in [-0.05, 0) is 25.0 Å². The third-order valence-corrected chi connectivity index (χ3v) is 4.93. The molecule has 126 valence electrons. The van der Waals surface area contributed by atoms with Crippen LogP contribution in [0.5, 0.6) is 0 Å². The van der Waals surface area contributed by atoms with Gasteiger partial charge in [-0.15, -0.1) is 0 Å². The molecule has 1 atom stereocenters. The number of ether oxygens (including phenoxy) is 1. The number of aromatic nitrogens is 2. The lowest BCUT2D eigenvalue weighted by atomic mass is 10.2. The first-order chi connectivity index (χ1) is 11.8. The fraction of sp³-hybridized carbons (Fsp3) is 0.471. The molecular weight excluding hydrogens is 324 g/mol. The van der Waals surface area contributed by atoms with E-state index >= 15 is 0 Å². The summed E-state index contributed by atoms with van der Waals surface area (Å²) in [5.74, 6) is 0.289. The highest BCUT2D eigenvalue weighted by Gasteiger charge is 2.17. The molecule has 1 aliphatic rings. The summed E-state index contributed by atoms with van der Waals surface area (Å²) in [6, 6.07) is 9.99. The number of fused-ring (bicyclic) bond motifs is 1. The number of hydrogen-bond acceptors (Lipinski definition) is 5. The number of carbonyl (C=O) groups excluding carboxylic acids is 1. The molecule has 1 amide bonds. The predicted octanol–water partition coefficient (Wildman–Crippen LogP) is 2.34. The summed E-state index contributed by atoms with van der Waals surface area (Å²) in [5.41, 5.74) is 1.88. The molecular formula is C17H20N4O2S. The van der Waals surface area contributed by atoms with Gasteiger partial charge in [0.2, 0.25) is 5.91 Å². The maximum atomic E-state index is 12.0. The maximum absolute atomic E-state index is 12.0. The van der Waals surface area contributed by atoms with Crippen molar-refractivity contribution in [3.63, 3.8) is 0 Å². The maximum Gasteiger partial charge on any atom is 0.230 e. The van der Waals surface area contributed by atoms with Crippen LogP contribution in [-0.2, 0) is 16.1 Å². The Labute approximate surface area is 145 Å². The van der Waals surface area contributed by atoms with E-state index in [2.05, 4.69) is 16.4 Å². The fourth-order valence-electron chi connectivity index (χ4n) is 2.76. The topological polar surface area (TPSA) is 79.9 Å². The summed E-state index contributed by atoms with van der Waals surface area (Å²) < 4.78 is 7.51. The summed E-state index contributed by atoms with van der Waals surface area (Å²) in [7, 11) is 0. The molecule has 3 rings (SSSR count). The average molecular weight is 344 g/mol. The van der Waals surface area contributed by atoms with Crippen LogP contribution in [0.1, 0.15) is 19.3 Å². The second-order valence-corrected chi connectivity index (χ2v) is 6.61. The Kier molecular flexibility index (Phi) is 5.72. The minimum atomic E-state index is -0.0191. The summed E-state index contributed by atoms with van der Waals surface area (Å²) in [6.07, 6.45) is 2.65. The monoisotopic (exact) mass is 344 g/mol. The normalized spacial score (nSPS) is 17.0. The lowest BCUT2D eigenvalue weighted by Crippen LogP contribution is -2.32. The summed E-state index contributed by atoms with van der Waals surface area (Å²) in [4.78, 5) is 16.6. The molecule has 0 saturated carbocycles. The van der Waals surface area contributed by atoms with Gasteiger partial charge in [-0.25, -0.2) is 4.98 Å². The Morgan fingerprint density at radius 1 is 1.50 bits per heavy atom. The van der Waals surface area contributed by atoms with Crippen molar-refractivity contribution in [2.75, 3.05) is 18.9 Å². The number of nitrogens with zero attached hydrogens (tertiary/aromatic N) is 3. The second-order valence-electron chi connectivity index (χ2n) is 5.67. The van der Waals surface area contributed by atoms with E-state index in [-0.39, 0.29) is 12.0 Å². The third-order valence-electron chi connectivity index (χ3n) is 3.95. The number of carbonyl (C=O) groups is 1. The second kappa shape index (κ2) is 8.18. The van der Waals surface area contributed by atoms with Gasteiger partial charge in [-0.3, -0.25) is 4.79 Å². The highest BCUT2D eigenvalue weighted by atomic mass is 32.2. The molecule has 1 aliphatic heterocycles. The summed E-state index contributed by atoms with van der Waals surface area (Å²) in [6.45, 7) is 1.94. The van der Waals surface area contributed by atoms with Crippen molar-refractivity contribution >= 4 is 28.7 Å². The van der Waals surface area contributed by atoms with Gasteiger partial charge in [-0.1, -0.05) is 23.9 Å². The molecule has 24 heavy (non-hydrogen) atoms. The van der Waals surface area contributed by atoms with Crippen LogP contribution in [0, 0.1) is 11.3 Å². The van der Waals surface area contributed by atoms with Crippen molar-refractivity contribution in [2.24, 2.45) is 0 Å². The number of para-hydroxylation sites is 2. The lowest BCUT2D eigenvalue weighted by molar-refractivity contribution is -0.119. The van der Waals surface area contributed by atoms with Gasteiger partial charge < -0.3 is 14.6 Å². The van der Waals surface area contributed by atoms with E-state index in [1.807, 2.05) is 28.8 Å². The standard InChI is InChI=1S/C17H20N4O2S/c18-8-4-9-21-15-7-2-1-6-14(15)20-17(21)24-12-16(22)19-11-13-5-3-10-23-13/h1-2,6-7,13H,3-5,9-12H2,(H,19,22)/t13-/m1/s1. The van der Waals surface area contributed by atoms with Gasteiger partial charge >= 0.3 is 0 Å². The van der Waals surface area contributed by atoms with Crippen LogP contribution in [0.3, 0.4) is 0 Å². The van der Waals surface area contributed by atoms with Crippen LogP contribution >= 0.6 is 11.8 Å². The quantitative estimate of drug-likeness (QED) is 0.780. The Hall–Kier alpha value is -2.04. The van der Waals surface area contributed by atoms with Crippen LogP contribution in [-0.4, -0.2) is 40.5 Å². The number of rotatable bonds is 7. The molecule has 1 N–H and O–H groups in total. The number of amides is 1. The molecule has 0 aliphatic carbocycles. The number of thioether (sulfide) groups is 1. The SMILES string of the molecule is N#CCCn1c(SCC(=O)NC[C@H]2CCCO2)nc2ccccc21. The van der Waals surface area contributed by atoms with Crippen molar-refractivity contribution in [1.82, 2.24) is 14.9 Å². The first-order valence-corrected chi connectivity index (χ1v) is 9.10. The fourth-order valence-corrected chi connectivity index (χ4v) is 3.63. The van der Waals surface area contributed by atoms with Crippen molar-refractivity contribution in [3.8, 4) is 6.07 Å². The molecule has 1 aromatic heterocycles. The Bertz CT molecular complexity index is 747. The number of nitriles is 1. The summed E-state index contributed by atoms with van der Waals surface area (Å²) >= 11 is 1.40. The average Bonchev–Trinajstić information content (AvgIpc) is 3.23. The predicted molar refractivity (Wildman–Crippen MR) is 92.7 cm³/mol. The molecule has 1 saturated heterocycles. The van der Waals surface area contributed by atoms with Crippen molar-refractivity contribution in [1.29, 1.82) is 5.26 Å². The first kappa shape index (κ1) is 16.8. The largest absolute Gasteiger partial charge is 0.376 e. The van der Waals surface area contributed by atoms with Gasteiger partial charge in [-0.2, -0.15) is 5.26 Å². The summed E-state index contributed by atoms with van der Waals surface area (Å²) in [5, 5.41) is 12.5. The van der Waals surface area contributed by atoms with Crippen LogP contribution in [0.25, 0.3) is 11.0 Å². The Morgan fingerprint density at radius 3 is 3.17 bits per heavy atom. The third kappa shape index (κ3) is 4.08. The van der Waals surface area contributed by atoms with Gasteiger partial charge in [0.1, 0.15) is 0 Å². The molecule has 1 fully saturated rings. The number of nitrogens with one attached hydrogen (secondary N) is 1. The zero-order chi connectivity index (χ0) is 16.8. The van der Waals surface area contributed by atoms with E-state index in [0.717, 1.165) is 35.6 Å². The molecule has 0 spiro atoms. The van der Waals surface area contributed by atoms with Crippen LogP contribution in [0.15, 0.2) is 29.4 Å². The van der Waals surface area contributed by atoms with E-state index in [1.165, 1.54) is 11.8 Å². The van der Waals surface area contributed by atoms with Crippen LogP contribution in [0.4, 0.5) is 0 Å². The van der Waals surface area contributed by atoms with E-state index in [1.54, 1.807) is 0 Å². The molecule has 7 heteroatoms. The highest BCUT2D eigenvalue weighted by molar-refractivity contribution is 7.99. The first-order valence-electron chi connectivity index (χ1n) is 8.11. The molecule has 0 radical (unpaired) electrons. The van der Waals surface area contributed by atoms with E-state index in [0.29, 0.717) is 25.3 Å². The molecule has 0 unspecified atom stereocenters. The molecule has 6 nitrogen and oxygen atoms in total. The minimum absolute atomic E-state index is 0.0191. The molecule has 0 bridgehead atoms. The zero-order valence-corrected chi connectivity index (χ0v) is 14.2. The smallest absolute Gasteiger partial charge is 0.230 e. The zero-order valence-electron chi connectivity index (χ0n) is 13.4. The van der Waals surface area contributed by atoms with Gasteiger partial charge in [0.25, 0.3) is 0 Å². The van der Waals surface area contributed by atoms with Crippen LogP contribution < -0.4 is 5.32 Å².